The van der Waals surface area contributed by atoms with Crippen LogP contribution in [0.3, 0.4) is 0 Å². The molecule has 0 heterocycles. The third-order valence-corrected chi connectivity index (χ3v) is 1.81. The van der Waals surface area contributed by atoms with Crippen molar-refractivity contribution in [3.63, 3.8) is 0 Å². The second kappa shape index (κ2) is 4.07. The summed E-state index contributed by atoms with van der Waals surface area (Å²) in [7, 11) is 0. The maximum absolute atomic E-state index is 3.87. The molecule has 0 aliphatic carbocycles. The van der Waals surface area contributed by atoms with E-state index in [9.17, 15) is 0 Å². The molecule has 0 amide bonds. The molecule has 0 atom stereocenters. The van der Waals surface area contributed by atoms with E-state index in [2.05, 4.69) is 31.2 Å². The van der Waals surface area contributed by atoms with Gasteiger partial charge in [0.05, 0.1) is 0 Å². The Morgan fingerprint density at radius 3 is 2.25 bits per heavy atom. The van der Waals surface area contributed by atoms with Crippen molar-refractivity contribution in [1.29, 1.82) is 0 Å². The SMILES string of the molecule is [CH2-]c1ccc2ccccc2c1.[Y]. The molecule has 0 spiro atoms. The van der Waals surface area contributed by atoms with Crippen LogP contribution < -0.4 is 0 Å². The van der Waals surface area contributed by atoms with Gasteiger partial charge in [0.15, 0.2) is 0 Å². The van der Waals surface area contributed by atoms with E-state index in [1.54, 1.807) is 0 Å². The topological polar surface area (TPSA) is 0 Å². The van der Waals surface area contributed by atoms with E-state index in [1.165, 1.54) is 10.8 Å². The average molecular weight is 230 g/mol. The van der Waals surface area contributed by atoms with Gasteiger partial charge in [0.25, 0.3) is 0 Å². The van der Waals surface area contributed by atoms with Gasteiger partial charge in [-0.05, 0) is 5.39 Å². The Bertz CT molecular complexity index is 379. The average Bonchev–Trinajstić information content (AvgIpc) is 2.04. The summed E-state index contributed by atoms with van der Waals surface area (Å²) >= 11 is 0. The summed E-state index contributed by atoms with van der Waals surface area (Å²) in [5.74, 6) is 0. The van der Waals surface area contributed by atoms with Crippen molar-refractivity contribution in [2.24, 2.45) is 0 Å². The molecule has 0 N–H and O–H groups in total. The molecule has 2 rings (SSSR count). The second-order valence-corrected chi connectivity index (χ2v) is 2.68. The summed E-state index contributed by atoms with van der Waals surface area (Å²) in [5, 5.41) is 2.54. The zero-order valence-corrected chi connectivity index (χ0v) is 9.66. The summed E-state index contributed by atoms with van der Waals surface area (Å²) in [4.78, 5) is 0. The molecular weight excluding hydrogens is 221 g/mol. The van der Waals surface area contributed by atoms with E-state index < -0.39 is 0 Å². The van der Waals surface area contributed by atoms with Gasteiger partial charge < -0.3 is 0 Å². The summed E-state index contributed by atoms with van der Waals surface area (Å²) in [5.41, 5.74) is 1.07. The van der Waals surface area contributed by atoms with E-state index in [0.29, 0.717) is 0 Å². The Kier molecular flexibility index (Phi) is 3.31. The molecule has 0 aliphatic heterocycles. The first kappa shape index (κ1) is 9.76. The quantitative estimate of drug-likeness (QED) is 0.610. The zero-order valence-electron chi connectivity index (χ0n) is 6.83. The fourth-order valence-electron chi connectivity index (χ4n) is 1.24. The Labute approximate surface area is 97.9 Å². The molecule has 2 aromatic rings. The monoisotopic (exact) mass is 230 g/mol. The third-order valence-electron chi connectivity index (χ3n) is 1.81. The fraction of sp³-hybridized carbons (Fsp3) is 0. The van der Waals surface area contributed by atoms with Crippen LogP contribution in [0.4, 0.5) is 0 Å². The van der Waals surface area contributed by atoms with Crippen molar-refractivity contribution in [1.82, 2.24) is 0 Å². The molecule has 0 unspecified atom stereocenters. The van der Waals surface area contributed by atoms with Crippen LogP contribution in [-0.4, -0.2) is 0 Å². The summed E-state index contributed by atoms with van der Waals surface area (Å²) in [6.07, 6.45) is 0. The fourth-order valence-corrected chi connectivity index (χ4v) is 1.24. The van der Waals surface area contributed by atoms with Crippen LogP contribution in [-0.2, 0) is 32.7 Å². The maximum Gasteiger partial charge on any atom is 0 e. The molecule has 0 aliphatic rings. The Morgan fingerprint density at radius 2 is 1.50 bits per heavy atom. The first-order chi connectivity index (χ1) is 5.36. The molecule has 57 valence electrons. The molecule has 0 bridgehead atoms. The van der Waals surface area contributed by atoms with Crippen molar-refractivity contribution in [2.45, 2.75) is 0 Å². The van der Waals surface area contributed by atoms with Crippen molar-refractivity contribution in [3.8, 4) is 0 Å². The minimum Gasteiger partial charge on any atom is -0.199 e. The summed E-state index contributed by atoms with van der Waals surface area (Å²) in [6.45, 7) is 3.87. The number of fused-ring (bicyclic) bond motifs is 1. The van der Waals surface area contributed by atoms with Gasteiger partial charge in [0.1, 0.15) is 0 Å². The molecular formula is C11H9Y-. The first-order valence-corrected chi connectivity index (χ1v) is 3.67. The predicted molar refractivity (Wildman–Crippen MR) is 48.4 cm³/mol. The molecule has 0 nitrogen and oxygen atoms in total. The maximum atomic E-state index is 3.87. The molecule has 12 heavy (non-hydrogen) atoms. The molecule has 1 radical (unpaired) electrons. The van der Waals surface area contributed by atoms with Gasteiger partial charge in [-0.1, -0.05) is 29.7 Å². The van der Waals surface area contributed by atoms with Crippen LogP contribution in [0.15, 0.2) is 42.5 Å². The Hall–Kier alpha value is -0.326. The normalized spacial score (nSPS) is 9.33. The smallest absolute Gasteiger partial charge is 0 e. The van der Waals surface area contributed by atoms with Crippen LogP contribution in [0.25, 0.3) is 10.8 Å². The van der Waals surface area contributed by atoms with Crippen LogP contribution in [0.2, 0.25) is 0 Å². The van der Waals surface area contributed by atoms with E-state index in [0.717, 1.165) is 5.56 Å². The minimum absolute atomic E-state index is 0. The molecule has 2 aromatic carbocycles. The molecule has 0 fully saturated rings. The van der Waals surface area contributed by atoms with E-state index in [-0.39, 0.29) is 32.7 Å². The van der Waals surface area contributed by atoms with Gasteiger partial charge in [-0.15, -0.1) is 6.07 Å². The van der Waals surface area contributed by atoms with Gasteiger partial charge in [0, 0.05) is 32.7 Å². The van der Waals surface area contributed by atoms with Crippen LogP contribution in [0, 0.1) is 6.92 Å². The molecule has 1 heteroatoms. The van der Waals surface area contributed by atoms with E-state index >= 15 is 0 Å². The van der Waals surface area contributed by atoms with Crippen LogP contribution in [0.5, 0.6) is 0 Å². The summed E-state index contributed by atoms with van der Waals surface area (Å²) in [6, 6.07) is 14.5. The van der Waals surface area contributed by atoms with Crippen molar-refractivity contribution >= 4 is 10.8 Å². The second-order valence-electron chi connectivity index (χ2n) is 2.68. The van der Waals surface area contributed by atoms with E-state index in [1.807, 2.05) is 18.2 Å². The largest absolute Gasteiger partial charge is 0.199 e. The number of benzene rings is 2. The molecule has 0 saturated heterocycles. The van der Waals surface area contributed by atoms with Gasteiger partial charge in [-0.25, -0.2) is 0 Å². The Balaban J connectivity index is 0.000000720. The standard InChI is InChI=1S/C11H9.Y/c1-9-6-7-10-4-2-3-5-11(10)8-9;/h2-8H,1H2;/q-1;. The minimum atomic E-state index is 0. The third kappa shape index (κ3) is 1.88. The van der Waals surface area contributed by atoms with Crippen LogP contribution >= 0.6 is 0 Å². The van der Waals surface area contributed by atoms with Crippen molar-refractivity contribution < 1.29 is 32.7 Å². The van der Waals surface area contributed by atoms with Gasteiger partial charge in [0.2, 0.25) is 0 Å². The Morgan fingerprint density at radius 1 is 0.833 bits per heavy atom. The van der Waals surface area contributed by atoms with Gasteiger partial charge in [-0.2, -0.15) is 24.6 Å². The first-order valence-electron chi connectivity index (χ1n) is 3.67. The molecule has 0 saturated carbocycles. The van der Waals surface area contributed by atoms with Gasteiger partial charge in [-0.3, -0.25) is 0 Å². The zero-order chi connectivity index (χ0) is 7.68. The van der Waals surface area contributed by atoms with Gasteiger partial charge >= 0.3 is 0 Å². The van der Waals surface area contributed by atoms with Crippen molar-refractivity contribution in [3.05, 3.63) is 55.0 Å². The van der Waals surface area contributed by atoms with Crippen LogP contribution in [0.1, 0.15) is 5.56 Å². The number of rotatable bonds is 0. The predicted octanol–water partition coefficient (Wildman–Crippen LogP) is 3.02. The number of hydrogen-bond acceptors (Lipinski definition) is 0. The van der Waals surface area contributed by atoms with E-state index in [4.69, 9.17) is 0 Å². The molecule has 0 aromatic heterocycles. The summed E-state index contributed by atoms with van der Waals surface area (Å²) < 4.78 is 0. The van der Waals surface area contributed by atoms with Crippen molar-refractivity contribution in [2.75, 3.05) is 0 Å². The number of hydrogen-bond donors (Lipinski definition) is 0.